The Balaban J connectivity index is 2.79. The van der Waals surface area contributed by atoms with Crippen molar-refractivity contribution in [2.24, 2.45) is 0 Å². The van der Waals surface area contributed by atoms with E-state index >= 15 is 0 Å². The van der Waals surface area contributed by atoms with Crippen LogP contribution in [0.2, 0.25) is 0 Å². The number of thiophene rings is 1. The highest BCUT2D eigenvalue weighted by Gasteiger charge is 2.40. The number of carboxylic acids is 1. The molecule has 8 heteroatoms. The van der Waals surface area contributed by atoms with Crippen LogP contribution in [0, 0.1) is 0 Å². The van der Waals surface area contributed by atoms with Gasteiger partial charge in [-0.25, -0.2) is 0 Å². The second kappa shape index (κ2) is 5.17. The lowest BCUT2D eigenvalue weighted by atomic mass is 10.1. The van der Waals surface area contributed by atoms with Gasteiger partial charge in [-0.15, -0.1) is 0 Å². The molecule has 0 fully saturated rings. The molecular formula is C9H8F3NO3S. The van der Waals surface area contributed by atoms with Crippen LogP contribution in [0.3, 0.4) is 0 Å². The van der Waals surface area contributed by atoms with Gasteiger partial charge in [0, 0.05) is 0 Å². The van der Waals surface area contributed by atoms with Crippen molar-refractivity contribution in [3.05, 3.63) is 22.4 Å². The number of carboxylic acid groups (broad SMARTS) is 1. The lowest BCUT2D eigenvalue weighted by Crippen LogP contribution is -2.39. The van der Waals surface area contributed by atoms with E-state index in [1.807, 2.05) is 0 Å². The maximum Gasteiger partial charge on any atom is 0.471 e. The van der Waals surface area contributed by atoms with Crippen molar-refractivity contribution in [3.8, 4) is 0 Å². The van der Waals surface area contributed by atoms with Crippen molar-refractivity contribution in [1.82, 2.24) is 5.32 Å². The van der Waals surface area contributed by atoms with E-state index in [0.29, 0.717) is 5.56 Å². The topological polar surface area (TPSA) is 66.4 Å². The summed E-state index contributed by atoms with van der Waals surface area (Å²) >= 11 is 1.20. The fourth-order valence-electron chi connectivity index (χ4n) is 1.14. The zero-order chi connectivity index (χ0) is 13.1. The van der Waals surface area contributed by atoms with E-state index in [1.54, 1.807) is 10.7 Å². The van der Waals surface area contributed by atoms with Gasteiger partial charge in [0.25, 0.3) is 0 Å². The molecule has 1 rings (SSSR count). The molecule has 0 saturated carbocycles. The SMILES string of the molecule is O=C(O)CC(NC(=O)C(F)(F)F)c1ccsc1. The summed E-state index contributed by atoms with van der Waals surface area (Å²) in [6.07, 6.45) is -5.62. The van der Waals surface area contributed by atoms with Crippen molar-refractivity contribution in [3.63, 3.8) is 0 Å². The summed E-state index contributed by atoms with van der Waals surface area (Å²) in [6.45, 7) is 0. The predicted octanol–water partition coefficient (Wildman–Crippen LogP) is 1.94. The highest BCUT2D eigenvalue weighted by Crippen LogP contribution is 2.22. The van der Waals surface area contributed by atoms with Gasteiger partial charge < -0.3 is 10.4 Å². The second-order valence-electron chi connectivity index (χ2n) is 3.18. The minimum atomic E-state index is -5.02. The van der Waals surface area contributed by atoms with E-state index in [0.717, 1.165) is 0 Å². The molecule has 17 heavy (non-hydrogen) atoms. The number of alkyl halides is 3. The van der Waals surface area contributed by atoms with Crippen LogP contribution in [-0.4, -0.2) is 23.2 Å². The molecule has 0 aromatic carbocycles. The first-order valence-corrected chi connectivity index (χ1v) is 5.36. The first-order chi connectivity index (χ1) is 7.80. The van der Waals surface area contributed by atoms with Crippen molar-refractivity contribution in [2.75, 3.05) is 0 Å². The fraction of sp³-hybridized carbons (Fsp3) is 0.333. The highest BCUT2D eigenvalue weighted by atomic mass is 32.1. The average Bonchev–Trinajstić information content (AvgIpc) is 2.66. The molecule has 0 saturated heterocycles. The van der Waals surface area contributed by atoms with Gasteiger partial charge in [-0.1, -0.05) is 0 Å². The van der Waals surface area contributed by atoms with Crippen LogP contribution in [-0.2, 0) is 9.59 Å². The van der Waals surface area contributed by atoms with E-state index in [9.17, 15) is 22.8 Å². The lowest BCUT2D eigenvalue weighted by molar-refractivity contribution is -0.174. The maximum absolute atomic E-state index is 12.0. The molecule has 4 nitrogen and oxygen atoms in total. The van der Waals surface area contributed by atoms with Gasteiger partial charge in [-0.2, -0.15) is 24.5 Å². The summed E-state index contributed by atoms with van der Waals surface area (Å²) in [5, 5.41) is 13.3. The average molecular weight is 267 g/mol. The summed E-state index contributed by atoms with van der Waals surface area (Å²) in [5.41, 5.74) is 0.343. The van der Waals surface area contributed by atoms with E-state index in [2.05, 4.69) is 0 Å². The van der Waals surface area contributed by atoms with E-state index in [1.165, 1.54) is 22.8 Å². The molecular weight excluding hydrogens is 259 g/mol. The number of hydrogen-bond acceptors (Lipinski definition) is 3. The zero-order valence-corrected chi connectivity index (χ0v) is 9.14. The first-order valence-electron chi connectivity index (χ1n) is 4.42. The van der Waals surface area contributed by atoms with E-state index < -0.39 is 30.5 Å². The van der Waals surface area contributed by atoms with Crippen LogP contribution in [0.15, 0.2) is 16.8 Å². The summed E-state index contributed by atoms with van der Waals surface area (Å²) in [5.74, 6) is -3.43. The minimum Gasteiger partial charge on any atom is -0.481 e. The normalized spacial score (nSPS) is 13.1. The van der Waals surface area contributed by atoms with Gasteiger partial charge >= 0.3 is 18.1 Å². The number of carbonyl (C=O) groups excluding carboxylic acids is 1. The smallest absolute Gasteiger partial charge is 0.471 e. The Kier molecular flexibility index (Phi) is 4.11. The number of rotatable bonds is 4. The molecule has 0 aliphatic heterocycles. The Hall–Kier alpha value is -1.57. The number of amides is 1. The Morgan fingerprint density at radius 1 is 1.47 bits per heavy atom. The minimum absolute atomic E-state index is 0.343. The molecule has 1 heterocycles. The van der Waals surface area contributed by atoms with Gasteiger partial charge in [0.05, 0.1) is 12.5 Å². The van der Waals surface area contributed by atoms with E-state index in [4.69, 9.17) is 5.11 Å². The van der Waals surface area contributed by atoms with Gasteiger partial charge in [0.15, 0.2) is 0 Å². The highest BCUT2D eigenvalue weighted by molar-refractivity contribution is 7.07. The van der Waals surface area contributed by atoms with Crippen LogP contribution in [0.4, 0.5) is 13.2 Å². The Morgan fingerprint density at radius 3 is 2.53 bits per heavy atom. The van der Waals surface area contributed by atoms with Crippen molar-refractivity contribution >= 4 is 23.2 Å². The van der Waals surface area contributed by atoms with Crippen molar-refractivity contribution in [1.29, 1.82) is 0 Å². The number of hydrogen-bond donors (Lipinski definition) is 2. The van der Waals surface area contributed by atoms with Gasteiger partial charge in [-0.3, -0.25) is 9.59 Å². The lowest BCUT2D eigenvalue weighted by Gasteiger charge is -2.16. The van der Waals surface area contributed by atoms with Crippen LogP contribution in [0.5, 0.6) is 0 Å². The number of carbonyl (C=O) groups is 2. The molecule has 0 radical (unpaired) electrons. The predicted molar refractivity (Wildman–Crippen MR) is 53.5 cm³/mol. The summed E-state index contributed by atoms with van der Waals surface area (Å²) < 4.78 is 36.1. The van der Waals surface area contributed by atoms with Crippen LogP contribution in [0.25, 0.3) is 0 Å². The second-order valence-corrected chi connectivity index (χ2v) is 3.96. The molecule has 1 aromatic rings. The van der Waals surface area contributed by atoms with E-state index in [-0.39, 0.29) is 0 Å². The van der Waals surface area contributed by atoms with Crippen molar-refractivity contribution in [2.45, 2.75) is 18.6 Å². The molecule has 1 aromatic heterocycles. The standard InChI is InChI=1S/C9H8F3NO3S/c10-9(11,12)8(16)13-6(3-7(14)15)5-1-2-17-4-5/h1-2,4,6H,3H2,(H,13,16)(H,14,15). The zero-order valence-electron chi connectivity index (χ0n) is 8.32. The molecule has 1 unspecified atom stereocenters. The first kappa shape index (κ1) is 13.5. The number of halogens is 3. The molecule has 0 bridgehead atoms. The molecule has 1 amide bonds. The number of nitrogens with one attached hydrogen (secondary N) is 1. The number of aliphatic carboxylic acids is 1. The van der Waals surface area contributed by atoms with Gasteiger partial charge in [-0.05, 0) is 22.4 Å². The molecule has 2 N–H and O–H groups in total. The summed E-state index contributed by atoms with van der Waals surface area (Å²) in [6, 6.07) is 0.294. The van der Waals surface area contributed by atoms with Crippen LogP contribution in [0.1, 0.15) is 18.0 Å². The van der Waals surface area contributed by atoms with Crippen molar-refractivity contribution < 1.29 is 27.9 Å². The largest absolute Gasteiger partial charge is 0.481 e. The summed E-state index contributed by atoms with van der Waals surface area (Å²) in [7, 11) is 0. The Morgan fingerprint density at radius 2 is 2.12 bits per heavy atom. The quantitative estimate of drug-likeness (QED) is 0.876. The van der Waals surface area contributed by atoms with Gasteiger partial charge in [0.1, 0.15) is 0 Å². The third kappa shape index (κ3) is 4.06. The van der Waals surface area contributed by atoms with Gasteiger partial charge in [0.2, 0.25) is 0 Å². The third-order valence-corrected chi connectivity index (χ3v) is 2.59. The van der Waals surface area contributed by atoms with Crippen LogP contribution < -0.4 is 5.32 Å². The molecule has 0 aliphatic carbocycles. The summed E-state index contributed by atoms with van der Waals surface area (Å²) in [4.78, 5) is 21.2. The monoisotopic (exact) mass is 267 g/mol. The molecule has 94 valence electrons. The fourth-order valence-corrected chi connectivity index (χ4v) is 1.85. The Labute approximate surface area is 98.1 Å². The van der Waals surface area contributed by atoms with Crippen LogP contribution >= 0.6 is 11.3 Å². The molecule has 0 spiro atoms. The third-order valence-electron chi connectivity index (χ3n) is 1.89. The molecule has 1 atom stereocenters. The molecule has 0 aliphatic rings. The maximum atomic E-state index is 12.0. The Bertz CT molecular complexity index is 402.